The second-order valence-electron chi connectivity index (χ2n) is 9.02. The number of aryl methyl sites for hydroxylation is 1. The van der Waals surface area contributed by atoms with Crippen LogP contribution in [0.1, 0.15) is 23.1 Å². The lowest BCUT2D eigenvalue weighted by Gasteiger charge is -2.13. The molecule has 0 atom stereocenters. The Kier molecular flexibility index (Phi) is 6.60. The van der Waals surface area contributed by atoms with Crippen LogP contribution in [0.4, 0.5) is 14.5 Å². The summed E-state index contributed by atoms with van der Waals surface area (Å²) in [5, 5.41) is 2.55. The summed E-state index contributed by atoms with van der Waals surface area (Å²) < 4.78 is 41.1. The van der Waals surface area contributed by atoms with E-state index in [1.807, 2.05) is 6.92 Å². The quantitative estimate of drug-likeness (QED) is 0.241. The monoisotopic (exact) mass is 553 g/mol. The van der Waals surface area contributed by atoms with Crippen molar-refractivity contribution < 1.29 is 22.7 Å². The van der Waals surface area contributed by atoms with Crippen LogP contribution in [0, 0.1) is 11.6 Å². The molecule has 0 aliphatic heterocycles. The van der Waals surface area contributed by atoms with E-state index in [1.165, 1.54) is 71.8 Å². The zero-order valence-corrected chi connectivity index (χ0v) is 21.5. The van der Waals surface area contributed by atoms with Gasteiger partial charge in [-0.25, -0.2) is 18.7 Å². The predicted molar refractivity (Wildman–Crippen MR) is 147 cm³/mol. The van der Waals surface area contributed by atoms with E-state index in [0.717, 1.165) is 6.07 Å². The fourth-order valence-corrected chi connectivity index (χ4v) is 4.31. The van der Waals surface area contributed by atoms with Crippen LogP contribution < -0.4 is 15.6 Å². The maximum absolute atomic E-state index is 15.3. The Labute approximate surface area is 231 Å². The summed E-state index contributed by atoms with van der Waals surface area (Å²) in [4.78, 5) is 38.0. The van der Waals surface area contributed by atoms with Crippen LogP contribution in [0.25, 0.3) is 28.0 Å². The van der Waals surface area contributed by atoms with Crippen molar-refractivity contribution in [1.82, 2.24) is 19.5 Å². The number of benzene rings is 2. The molecule has 204 valence electrons. The molecule has 0 bridgehead atoms. The minimum atomic E-state index is -0.756. The van der Waals surface area contributed by atoms with Crippen molar-refractivity contribution in [1.29, 1.82) is 0 Å². The molecule has 6 rings (SSSR count). The van der Waals surface area contributed by atoms with Crippen molar-refractivity contribution >= 4 is 22.8 Å². The lowest BCUT2D eigenvalue weighted by Crippen LogP contribution is -2.27. The molecule has 4 aromatic heterocycles. The zero-order chi connectivity index (χ0) is 28.5. The average molecular weight is 554 g/mol. The van der Waals surface area contributed by atoms with E-state index >= 15 is 4.39 Å². The van der Waals surface area contributed by atoms with Gasteiger partial charge in [-0.2, -0.15) is 0 Å². The molecule has 1 amide bonds. The number of pyridine rings is 2. The number of aromatic nitrogens is 4. The van der Waals surface area contributed by atoms with Crippen LogP contribution in [0.15, 0.2) is 94.8 Å². The van der Waals surface area contributed by atoms with Crippen molar-refractivity contribution in [3.05, 3.63) is 119 Å². The number of furan rings is 1. The zero-order valence-electron chi connectivity index (χ0n) is 21.5. The average Bonchev–Trinajstić information content (AvgIpc) is 3.66. The van der Waals surface area contributed by atoms with Crippen LogP contribution in [0.3, 0.4) is 0 Å². The topological polar surface area (TPSA) is 115 Å². The summed E-state index contributed by atoms with van der Waals surface area (Å²) in [5.74, 6) is -1.07. The second kappa shape index (κ2) is 10.5. The molecule has 4 heterocycles. The van der Waals surface area contributed by atoms with E-state index < -0.39 is 23.1 Å². The van der Waals surface area contributed by atoms with Gasteiger partial charge in [0.05, 0.1) is 12.5 Å². The third kappa shape index (κ3) is 4.96. The lowest BCUT2D eigenvalue weighted by atomic mass is 10.1. The molecule has 9 nitrogen and oxygen atoms in total. The van der Waals surface area contributed by atoms with Gasteiger partial charge in [-0.05, 0) is 54.6 Å². The Bertz CT molecular complexity index is 1950. The van der Waals surface area contributed by atoms with Crippen molar-refractivity contribution in [2.45, 2.75) is 13.3 Å². The van der Waals surface area contributed by atoms with E-state index in [1.54, 1.807) is 12.3 Å². The maximum atomic E-state index is 15.3. The molecule has 0 spiro atoms. The number of carbonyl (C=O) groups is 1. The van der Waals surface area contributed by atoms with Gasteiger partial charge >= 0.3 is 0 Å². The van der Waals surface area contributed by atoms with E-state index in [4.69, 9.17) is 9.15 Å². The summed E-state index contributed by atoms with van der Waals surface area (Å²) in [6.07, 6.45) is 6.71. The number of carbonyl (C=O) groups excluding carboxylic acids is 1. The summed E-state index contributed by atoms with van der Waals surface area (Å²) >= 11 is 0. The molecular formula is C30H21F2N5O4. The Balaban J connectivity index is 1.28. The van der Waals surface area contributed by atoms with Gasteiger partial charge in [-0.3, -0.25) is 14.2 Å². The Morgan fingerprint density at radius 1 is 1.12 bits per heavy atom. The van der Waals surface area contributed by atoms with Crippen molar-refractivity contribution in [3.8, 4) is 28.3 Å². The molecule has 2 aromatic carbocycles. The number of fused-ring (bicyclic) bond motifs is 1. The molecule has 0 radical (unpaired) electrons. The van der Waals surface area contributed by atoms with Gasteiger partial charge in [0.25, 0.3) is 11.5 Å². The van der Waals surface area contributed by atoms with Crippen LogP contribution in [0.5, 0.6) is 11.5 Å². The highest BCUT2D eigenvalue weighted by Gasteiger charge is 2.20. The number of nitrogens with zero attached hydrogens (tertiary/aromatic N) is 3. The minimum Gasteiger partial charge on any atom is -0.472 e. The van der Waals surface area contributed by atoms with Gasteiger partial charge in [0, 0.05) is 47.4 Å². The molecule has 0 saturated carbocycles. The Morgan fingerprint density at radius 3 is 2.68 bits per heavy atom. The minimum absolute atomic E-state index is 0.111. The first-order chi connectivity index (χ1) is 19.9. The van der Waals surface area contributed by atoms with Gasteiger partial charge < -0.3 is 19.5 Å². The molecule has 0 saturated heterocycles. The van der Waals surface area contributed by atoms with Crippen LogP contribution in [-0.2, 0) is 6.42 Å². The number of hydrogen-bond donors (Lipinski definition) is 2. The smallest absolute Gasteiger partial charge is 0.267 e. The fourth-order valence-electron chi connectivity index (χ4n) is 4.31. The van der Waals surface area contributed by atoms with E-state index in [0.29, 0.717) is 40.2 Å². The third-order valence-corrected chi connectivity index (χ3v) is 6.38. The van der Waals surface area contributed by atoms with Crippen LogP contribution in [-0.4, -0.2) is 25.4 Å². The number of ether oxygens (including phenoxy) is 1. The Morgan fingerprint density at radius 2 is 1.95 bits per heavy atom. The molecular weight excluding hydrogens is 532 g/mol. The lowest BCUT2D eigenvalue weighted by molar-refractivity contribution is 0.102. The molecule has 2 N–H and O–H groups in total. The van der Waals surface area contributed by atoms with E-state index in [-0.39, 0.29) is 22.7 Å². The van der Waals surface area contributed by atoms with Crippen molar-refractivity contribution in [2.24, 2.45) is 0 Å². The number of hydrogen-bond acceptors (Lipinski definition) is 6. The van der Waals surface area contributed by atoms with Crippen LogP contribution in [0.2, 0.25) is 0 Å². The summed E-state index contributed by atoms with van der Waals surface area (Å²) in [6, 6.07) is 13.8. The number of amides is 1. The maximum Gasteiger partial charge on any atom is 0.267 e. The molecule has 0 aliphatic carbocycles. The Hall–Kier alpha value is -5.58. The molecule has 0 unspecified atom stereocenters. The first kappa shape index (κ1) is 25.7. The highest BCUT2D eigenvalue weighted by Crippen LogP contribution is 2.39. The van der Waals surface area contributed by atoms with Crippen molar-refractivity contribution in [2.75, 3.05) is 5.32 Å². The molecule has 0 aliphatic rings. The van der Waals surface area contributed by atoms with Gasteiger partial charge in [-0.15, -0.1) is 0 Å². The van der Waals surface area contributed by atoms with E-state index in [2.05, 4.69) is 20.3 Å². The van der Waals surface area contributed by atoms with Gasteiger partial charge in [0.1, 0.15) is 17.2 Å². The summed E-state index contributed by atoms with van der Waals surface area (Å²) in [6.45, 7) is 1.94. The number of anilines is 1. The third-order valence-electron chi connectivity index (χ3n) is 6.38. The highest BCUT2D eigenvalue weighted by atomic mass is 19.1. The molecule has 6 aromatic rings. The van der Waals surface area contributed by atoms with Crippen molar-refractivity contribution in [3.63, 3.8) is 0 Å². The van der Waals surface area contributed by atoms with Gasteiger partial charge in [-0.1, -0.05) is 6.92 Å². The molecule has 41 heavy (non-hydrogen) atoms. The number of imidazole rings is 1. The first-order valence-corrected chi connectivity index (χ1v) is 12.6. The number of halogens is 2. The highest BCUT2D eigenvalue weighted by molar-refractivity contribution is 6.04. The number of aromatic amines is 1. The summed E-state index contributed by atoms with van der Waals surface area (Å²) in [5.41, 5.74) is 1.86. The van der Waals surface area contributed by atoms with Gasteiger partial charge in [0.15, 0.2) is 28.5 Å². The number of rotatable bonds is 7. The largest absolute Gasteiger partial charge is 0.472 e. The SMILES string of the molecule is CCc1nc2c(Oc3ccc(NC(=O)c4cccn(-c5ccc(F)cc5)c4=O)cc3F)c(-c3ccoc3)cnc2[nH]1. The molecule has 0 fully saturated rings. The summed E-state index contributed by atoms with van der Waals surface area (Å²) in [7, 11) is 0. The predicted octanol–water partition coefficient (Wildman–Crippen LogP) is 6.25. The normalized spacial score (nSPS) is 11.1. The number of nitrogens with one attached hydrogen (secondary N) is 2. The van der Waals surface area contributed by atoms with Gasteiger partial charge in [0.2, 0.25) is 0 Å². The van der Waals surface area contributed by atoms with E-state index in [9.17, 15) is 14.0 Å². The fraction of sp³-hybridized carbons (Fsp3) is 0.0667. The number of H-pyrrole nitrogens is 1. The standard InChI is InChI=1S/C30H21F2N5O4/c1-2-25-35-26-27(22(15-33-28(26)36-25)17-11-13-40-16-17)41-24-10-7-19(14-23(24)32)34-29(38)21-4-3-12-37(30(21)39)20-8-5-18(31)6-9-20/h3-16H,2H2,1H3,(H,34,38)(H,33,35,36). The van der Waals surface area contributed by atoms with Crippen LogP contribution >= 0.6 is 0 Å². The molecule has 11 heteroatoms. The second-order valence-corrected chi connectivity index (χ2v) is 9.02. The first-order valence-electron chi connectivity index (χ1n) is 12.6.